The number of nitrogens with one attached hydrogen (secondary N) is 1. The van der Waals surface area contributed by atoms with Crippen LogP contribution in [0, 0.1) is 6.92 Å². The molecule has 0 aliphatic carbocycles. The lowest BCUT2D eigenvalue weighted by Gasteiger charge is -2.28. The van der Waals surface area contributed by atoms with Crippen molar-refractivity contribution in [3.05, 3.63) is 63.6 Å². The Bertz CT molecular complexity index is 951. The maximum atomic E-state index is 12.5. The molecule has 29 heavy (non-hydrogen) atoms. The van der Waals surface area contributed by atoms with Crippen molar-refractivity contribution in [1.82, 2.24) is 5.32 Å². The molecule has 1 N–H and O–H groups in total. The fourth-order valence-electron chi connectivity index (χ4n) is 2.72. The Morgan fingerprint density at radius 2 is 1.83 bits per heavy atom. The van der Waals surface area contributed by atoms with E-state index in [0.717, 1.165) is 21.7 Å². The van der Waals surface area contributed by atoms with E-state index in [0.29, 0.717) is 33.8 Å². The molecule has 2 rings (SSSR count). The van der Waals surface area contributed by atoms with Gasteiger partial charge in [-0.05, 0) is 43.7 Å². The monoisotopic (exact) mass is 474 g/mol. The van der Waals surface area contributed by atoms with E-state index in [1.165, 1.54) is 0 Å². The number of nitrogens with zero attached hydrogens (tertiary/aromatic N) is 1. The molecule has 0 spiro atoms. The molecule has 2 aromatic rings. The SMILES string of the molecule is Cc1ccc(N([C@H](C)C(=O)NCCSCc2ccc(Cl)cc2Cl)S(C)(=O)=O)cc1. The molecule has 1 amide bonds. The van der Waals surface area contributed by atoms with Gasteiger partial charge in [-0.2, -0.15) is 11.8 Å². The lowest BCUT2D eigenvalue weighted by atomic mass is 10.2. The second-order valence-electron chi connectivity index (χ2n) is 6.65. The van der Waals surface area contributed by atoms with Crippen LogP contribution in [0.15, 0.2) is 42.5 Å². The Morgan fingerprint density at radius 3 is 2.41 bits per heavy atom. The summed E-state index contributed by atoms with van der Waals surface area (Å²) in [5, 5.41) is 4.01. The van der Waals surface area contributed by atoms with E-state index in [1.54, 1.807) is 43.0 Å². The van der Waals surface area contributed by atoms with Crippen molar-refractivity contribution < 1.29 is 13.2 Å². The number of rotatable bonds is 9. The average molecular weight is 475 g/mol. The summed E-state index contributed by atoms with van der Waals surface area (Å²) < 4.78 is 25.7. The maximum Gasteiger partial charge on any atom is 0.243 e. The summed E-state index contributed by atoms with van der Waals surface area (Å²) in [5.41, 5.74) is 2.45. The van der Waals surface area contributed by atoms with Crippen LogP contribution in [0.25, 0.3) is 0 Å². The van der Waals surface area contributed by atoms with Crippen LogP contribution in [-0.4, -0.2) is 38.9 Å². The molecule has 5 nitrogen and oxygen atoms in total. The Balaban J connectivity index is 1.90. The van der Waals surface area contributed by atoms with E-state index >= 15 is 0 Å². The van der Waals surface area contributed by atoms with Crippen LogP contribution in [0.1, 0.15) is 18.1 Å². The average Bonchev–Trinajstić information content (AvgIpc) is 2.63. The van der Waals surface area contributed by atoms with Gasteiger partial charge in [0.25, 0.3) is 0 Å². The zero-order chi connectivity index (χ0) is 21.6. The fraction of sp³-hybridized carbons (Fsp3) is 0.350. The fourth-order valence-corrected chi connectivity index (χ4v) is 5.31. The van der Waals surface area contributed by atoms with Crippen LogP contribution in [0.4, 0.5) is 5.69 Å². The predicted octanol–water partition coefficient (Wildman–Crippen LogP) is 4.51. The number of benzene rings is 2. The zero-order valence-electron chi connectivity index (χ0n) is 16.5. The minimum Gasteiger partial charge on any atom is -0.353 e. The van der Waals surface area contributed by atoms with E-state index in [4.69, 9.17) is 23.2 Å². The second-order valence-corrected chi connectivity index (χ2v) is 10.5. The van der Waals surface area contributed by atoms with Crippen LogP contribution in [0.2, 0.25) is 10.0 Å². The molecule has 1 atom stereocenters. The Hall–Kier alpha value is -1.41. The second kappa shape index (κ2) is 10.6. The molecule has 0 saturated heterocycles. The number of hydrogen-bond donors (Lipinski definition) is 1. The molecule has 0 aromatic heterocycles. The van der Waals surface area contributed by atoms with Crippen molar-refractivity contribution in [3.8, 4) is 0 Å². The summed E-state index contributed by atoms with van der Waals surface area (Å²) in [5.74, 6) is 1.02. The number of thioether (sulfide) groups is 1. The normalized spacial score (nSPS) is 12.4. The van der Waals surface area contributed by atoms with Crippen molar-refractivity contribution in [2.24, 2.45) is 0 Å². The number of carbonyl (C=O) groups is 1. The van der Waals surface area contributed by atoms with Gasteiger partial charge in [0.1, 0.15) is 6.04 Å². The maximum absolute atomic E-state index is 12.5. The minimum absolute atomic E-state index is 0.346. The van der Waals surface area contributed by atoms with Crippen molar-refractivity contribution in [1.29, 1.82) is 0 Å². The summed E-state index contributed by atoms with van der Waals surface area (Å²) in [6.07, 6.45) is 1.10. The first-order chi connectivity index (χ1) is 13.6. The quantitative estimate of drug-likeness (QED) is 0.543. The first-order valence-electron chi connectivity index (χ1n) is 8.95. The molecule has 2 aromatic carbocycles. The molecule has 0 bridgehead atoms. The van der Waals surface area contributed by atoms with E-state index in [1.807, 2.05) is 25.1 Å². The Kier molecular flexibility index (Phi) is 8.70. The largest absolute Gasteiger partial charge is 0.353 e. The highest BCUT2D eigenvalue weighted by Crippen LogP contribution is 2.25. The minimum atomic E-state index is -3.61. The van der Waals surface area contributed by atoms with Crippen molar-refractivity contribution in [2.75, 3.05) is 22.9 Å². The van der Waals surface area contributed by atoms with Gasteiger partial charge < -0.3 is 5.32 Å². The van der Waals surface area contributed by atoms with Gasteiger partial charge in [0.15, 0.2) is 0 Å². The van der Waals surface area contributed by atoms with Crippen LogP contribution < -0.4 is 9.62 Å². The van der Waals surface area contributed by atoms with E-state index in [9.17, 15) is 13.2 Å². The summed E-state index contributed by atoms with van der Waals surface area (Å²) in [4.78, 5) is 12.5. The molecule has 0 radical (unpaired) electrons. The van der Waals surface area contributed by atoms with Gasteiger partial charge >= 0.3 is 0 Å². The van der Waals surface area contributed by atoms with Crippen LogP contribution in [0.5, 0.6) is 0 Å². The summed E-state index contributed by atoms with van der Waals surface area (Å²) >= 11 is 13.7. The highest BCUT2D eigenvalue weighted by Gasteiger charge is 2.28. The summed E-state index contributed by atoms with van der Waals surface area (Å²) in [6, 6.07) is 11.5. The highest BCUT2D eigenvalue weighted by atomic mass is 35.5. The molecule has 0 heterocycles. The first kappa shape index (κ1) is 23.9. The number of amides is 1. The molecule has 0 aliphatic rings. The third-order valence-electron chi connectivity index (χ3n) is 4.20. The van der Waals surface area contributed by atoms with Gasteiger partial charge in [-0.3, -0.25) is 9.10 Å². The van der Waals surface area contributed by atoms with Crippen molar-refractivity contribution >= 4 is 56.6 Å². The number of halogens is 2. The smallest absolute Gasteiger partial charge is 0.243 e. The molecule has 0 unspecified atom stereocenters. The number of anilines is 1. The first-order valence-corrected chi connectivity index (χ1v) is 12.7. The highest BCUT2D eigenvalue weighted by molar-refractivity contribution is 7.98. The number of hydrogen-bond acceptors (Lipinski definition) is 4. The topological polar surface area (TPSA) is 66.5 Å². The van der Waals surface area contributed by atoms with Gasteiger partial charge in [-0.1, -0.05) is 47.0 Å². The lowest BCUT2D eigenvalue weighted by Crippen LogP contribution is -2.48. The molecular formula is C20H24Cl2N2O3S2. The number of carbonyl (C=O) groups excluding carboxylic acids is 1. The van der Waals surface area contributed by atoms with Crippen LogP contribution >= 0.6 is 35.0 Å². The van der Waals surface area contributed by atoms with Crippen molar-refractivity contribution in [2.45, 2.75) is 25.6 Å². The molecular weight excluding hydrogens is 451 g/mol. The van der Waals surface area contributed by atoms with Gasteiger partial charge in [-0.15, -0.1) is 0 Å². The standard InChI is InChI=1S/C20H24Cl2N2O3S2/c1-14-4-8-18(9-5-14)24(29(3,26)27)15(2)20(25)23-10-11-28-13-16-6-7-17(21)12-19(16)22/h4-9,12,15H,10-11,13H2,1-3H3,(H,23,25)/t15-/m1/s1. The third kappa shape index (κ3) is 7.10. The van der Waals surface area contributed by atoms with E-state index in [2.05, 4.69) is 5.32 Å². The van der Waals surface area contributed by atoms with Crippen LogP contribution in [0.3, 0.4) is 0 Å². The molecule has 0 aliphatic heterocycles. The number of sulfonamides is 1. The van der Waals surface area contributed by atoms with Crippen molar-refractivity contribution in [3.63, 3.8) is 0 Å². The van der Waals surface area contributed by atoms with Gasteiger partial charge in [-0.25, -0.2) is 8.42 Å². The molecule has 0 saturated carbocycles. The Morgan fingerprint density at radius 1 is 1.17 bits per heavy atom. The number of aryl methyl sites for hydroxylation is 1. The molecule has 158 valence electrons. The van der Waals surface area contributed by atoms with Gasteiger partial charge in [0, 0.05) is 28.1 Å². The van der Waals surface area contributed by atoms with E-state index in [-0.39, 0.29) is 5.91 Å². The Labute approximate surface area is 186 Å². The summed E-state index contributed by atoms with van der Waals surface area (Å²) in [7, 11) is -3.61. The van der Waals surface area contributed by atoms with Crippen LogP contribution in [-0.2, 0) is 20.6 Å². The summed E-state index contributed by atoms with van der Waals surface area (Å²) in [6.45, 7) is 3.92. The third-order valence-corrected chi connectivity index (χ3v) is 7.03. The van der Waals surface area contributed by atoms with Gasteiger partial charge in [0.05, 0.1) is 11.9 Å². The zero-order valence-corrected chi connectivity index (χ0v) is 19.6. The lowest BCUT2D eigenvalue weighted by molar-refractivity contribution is -0.121. The molecule has 0 fully saturated rings. The molecule has 9 heteroatoms. The van der Waals surface area contributed by atoms with E-state index < -0.39 is 16.1 Å². The van der Waals surface area contributed by atoms with Gasteiger partial charge in [0.2, 0.25) is 15.9 Å². The predicted molar refractivity (Wildman–Crippen MR) is 124 cm³/mol.